The predicted octanol–water partition coefficient (Wildman–Crippen LogP) is 23.2. The quantitative estimate of drug-likeness (QED) is 0.133. The van der Waals surface area contributed by atoms with Gasteiger partial charge >= 0.3 is 0 Å². The molecule has 2 nitrogen and oxygen atoms in total. The third-order valence-corrected chi connectivity index (χ3v) is 19.7. The summed E-state index contributed by atoms with van der Waals surface area (Å²) in [6.45, 7) is 9.74. The van der Waals surface area contributed by atoms with Gasteiger partial charge in [0, 0.05) is 45.0 Å². The van der Waals surface area contributed by atoms with Crippen molar-refractivity contribution in [3.05, 3.63) is 318 Å². The Bertz CT molecular complexity index is 5180. The number of allylic oxidation sites excluding steroid dienone is 1. The van der Waals surface area contributed by atoms with Gasteiger partial charge in [-0.05, 0) is 242 Å². The lowest BCUT2D eigenvalue weighted by molar-refractivity contribution is 0.665. The first-order chi connectivity index (χ1) is 42.6. The summed E-state index contributed by atoms with van der Waals surface area (Å²) in [7, 11) is 0. The lowest BCUT2D eigenvalue weighted by atomic mass is 9.78. The number of aryl methyl sites for hydroxylation is 1. The topological polar surface area (TPSA) is 6.48 Å². The molecule has 0 aliphatic heterocycles. The van der Waals surface area contributed by atoms with E-state index in [1.165, 1.54) is 132 Å². The van der Waals surface area contributed by atoms with Crippen LogP contribution in [0.2, 0.25) is 0 Å². The van der Waals surface area contributed by atoms with Crippen LogP contribution in [-0.2, 0) is 23.7 Å². The molecular formula is C85H64N2. The van der Waals surface area contributed by atoms with Crippen LogP contribution in [0.4, 0.5) is 34.1 Å². The van der Waals surface area contributed by atoms with Crippen molar-refractivity contribution in [1.29, 1.82) is 0 Å². The zero-order valence-electron chi connectivity index (χ0n) is 49.6. The second-order valence-corrected chi connectivity index (χ2v) is 25.5. The molecule has 0 saturated heterocycles. The van der Waals surface area contributed by atoms with Gasteiger partial charge in [-0.2, -0.15) is 0 Å². The van der Waals surface area contributed by atoms with E-state index in [1.807, 2.05) is 0 Å². The van der Waals surface area contributed by atoms with Crippen LogP contribution >= 0.6 is 0 Å². The maximum absolute atomic E-state index is 2.53. The predicted molar refractivity (Wildman–Crippen MR) is 371 cm³/mol. The summed E-state index contributed by atoms with van der Waals surface area (Å²) >= 11 is 0. The van der Waals surface area contributed by atoms with E-state index in [9.17, 15) is 0 Å². The molecule has 0 spiro atoms. The van der Waals surface area contributed by atoms with E-state index in [4.69, 9.17) is 0 Å². The molecule has 0 bridgehead atoms. The second-order valence-electron chi connectivity index (χ2n) is 25.5. The van der Waals surface area contributed by atoms with Crippen LogP contribution < -0.4 is 9.80 Å². The Balaban J connectivity index is 0.768. The Morgan fingerprint density at radius 1 is 0.333 bits per heavy atom. The lowest BCUT2D eigenvalue weighted by Crippen LogP contribution is -2.16. The highest BCUT2D eigenvalue weighted by Gasteiger charge is 2.41. The minimum Gasteiger partial charge on any atom is -0.310 e. The Hall–Kier alpha value is -10.3. The highest BCUT2D eigenvalue weighted by Crippen LogP contribution is 2.58. The van der Waals surface area contributed by atoms with Gasteiger partial charge in [0.1, 0.15) is 0 Å². The van der Waals surface area contributed by atoms with Crippen molar-refractivity contribution in [3.63, 3.8) is 0 Å². The van der Waals surface area contributed by atoms with Gasteiger partial charge in [0.25, 0.3) is 0 Å². The van der Waals surface area contributed by atoms with Crippen LogP contribution in [0.1, 0.15) is 78.6 Å². The number of para-hydroxylation sites is 1. The van der Waals surface area contributed by atoms with E-state index in [2.05, 4.69) is 317 Å². The minimum atomic E-state index is -0.193. The van der Waals surface area contributed by atoms with Crippen LogP contribution in [0.15, 0.2) is 273 Å². The lowest BCUT2D eigenvalue weighted by Gasteiger charge is -2.28. The SMILES string of the molecule is CC1(C)c2cc3c(cc2-c2c1c1ccc(N(c4ccc(-c5ccccc5)cc4)c4cccc(Cc5cccc(N(c6ccccc6)c6ccc7c8c(c9ccccc9c7c6)-c6cc7ccccc7cc6C8(C)C)c5)c4)cc1c1ccccc21)C=CCC3. The maximum atomic E-state index is 2.53. The molecule has 3 aliphatic carbocycles. The third kappa shape index (κ3) is 8.08. The highest BCUT2D eigenvalue weighted by molar-refractivity contribution is 6.21. The minimum absolute atomic E-state index is 0.173. The van der Waals surface area contributed by atoms with Gasteiger partial charge < -0.3 is 9.80 Å². The number of anilines is 6. The van der Waals surface area contributed by atoms with Crippen LogP contribution in [0.25, 0.3) is 93.3 Å². The Morgan fingerprint density at radius 2 is 0.782 bits per heavy atom. The molecule has 17 rings (SSSR count). The average molecular weight is 1110 g/mol. The van der Waals surface area contributed by atoms with Gasteiger partial charge in [-0.1, -0.05) is 216 Å². The molecule has 0 unspecified atom stereocenters. The largest absolute Gasteiger partial charge is 0.310 e. The molecule has 14 aromatic rings. The summed E-state index contributed by atoms with van der Waals surface area (Å²) < 4.78 is 0. The summed E-state index contributed by atoms with van der Waals surface area (Å²) in [4.78, 5) is 4.91. The van der Waals surface area contributed by atoms with Gasteiger partial charge in [0.05, 0.1) is 0 Å². The number of hydrogen-bond acceptors (Lipinski definition) is 2. The number of benzene rings is 14. The van der Waals surface area contributed by atoms with Crippen LogP contribution in [0.5, 0.6) is 0 Å². The number of rotatable bonds is 9. The van der Waals surface area contributed by atoms with Crippen molar-refractivity contribution in [3.8, 4) is 33.4 Å². The van der Waals surface area contributed by atoms with Gasteiger partial charge in [-0.3, -0.25) is 0 Å². The first-order valence-corrected chi connectivity index (χ1v) is 31.0. The van der Waals surface area contributed by atoms with Crippen molar-refractivity contribution in [1.82, 2.24) is 0 Å². The molecule has 3 aliphatic rings. The molecule has 14 aromatic carbocycles. The van der Waals surface area contributed by atoms with E-state index in [-0.39, 0.29) is 10.8 Å². The van der Waals surface area contributed by atoms with E-state index in [0.717, 1.165) is 53.4 Å². The monoisotopic (exact) mass is 1110 g/mol. The maximum Gasteiger partial charge on any atom is 0.0468 e. The molecule has 0 fully saturated rings. The number of hydrogen-bond donors (Lipinski definition) is 0. The third-order valence-electron chi connectivity index (χ3n) is 19.7. The van der Waals surface area contributed by atoms with Crippen LogP contribution in [-0.4, -0.2) is 0 Å². The first-order valence-electron chi connectivity index (χ1n) is 31.0. The van der Waals surface area contributed by atoms with Crippen molar-refractivity contribution in [2.24, 2.45) is 0 Å². The smallest absolute Gasteiger partial charge is 0.0468 e. The Kier molecular flexibility index (Phi) is 11.5. The molecule has 0 atom stereocenters. The molecule has 0 radical (unpaired) electrons. The van der Waals surface area contributed by atoms with E-state index < -0.39 is 0 Å². The van der Waals surface area contributed by atoms with Gasteiger partial charge in [0.2, 0.25) is 0 Å². The van der Waals surface area contributed by atoms with Crippen LogP contribution in [0.3, 0.4) is 0 Å². The van der Waals surface area contributed by atoms with E-state index in [0.29, 0.717) is 0 Å². The summed E-state index contributed by atoms with van der Waals surface area (Å²) in [5.41, 5.74) is 25.3. The second kappa shape index (κ2) is 19.6. The average Bonchev–Trinajstić information content (AvgIpc) is 1.58. The standard InChI is InChI=1S/C85H64N2/c1-84(2)78-50-60-27-13-11-25-58(60)48-76(78)80-70-35-17-15-33-68(70)74-52-66(41-43-72(74)82(80)84)86(62-29-9-6-10-30-62)64-31-19-21-54(46-64)45-55-22-20-32-65(47-55)87(63-39-37-57(38-40-63)56-23-7-5-8-24-56)67-42-44-73-75(53-67)69-34-16-18-36-71(69)81-77-49-59-26-12-14-28-61(59)51-79(77)85(3,4)83(73)81/h5-13,15-27,29-44,46-53H,14,28,45H2,1-4H3. The van der Waals surface area contributed by atoms with Gasteiger partial charge in [0.15, 0.2) is 0 Å². The van der Waals surface area contributed by atoms with Crippen LogP contribution in [0, 0.1) is 0 Å². The fourth-order valence-electron chi connectivity index (χ4n) is 15.7. The summed E-state index contributed by atoms with van der Waals surface area (Å²) in [5.74, 6) is 0. The van der Waals surface area contributed by atoms with Crippen molar-refractivity contribution in [2.75, 3.05) is 9.80 Å². The van der Waals surface area contributed by atoms with Crippen molar-refractivity contribution >= 4 is 94.1 Å². The zero-order valence-corrected chi connectivity index (χ0v) is 49.6. The summed E-state index contributed by atoms with van der Waals surface area (Å²) in [5, 5.41) is 12.9. The molecule has 0 N–H and O–H groups in total. The molecule has 0 saturated carbocycles. The fourth-order valence-corrected chi connectivity index (χ4v) is 15.7. The summed E-state index contributed by atoms with van der Waals surface area (Å²) in [6.07, 6.45) is 7.63. The van der Waals surface area contributed by atoms with Gasteiger partial charge in [-0.25, -0.2) is 0 Å². The first kappa shape index (κ1) is 51.2. The van der Waals surface area contributed by atoms with E-state index in [1.54, 1.807) is 0 Å². The molecule has 2 heteroatoms. The molecule has 0 amide bonds. The normalized spacial score (nSPS) is 14.1. The molecular weight excluding hydrogens is 1050 g/mol. The number of fused-ring (bicyclic) bond motifs is 18. The molecule has 0 heterocycles. The fraction of sp³-hybridized carbons (Fsp3) is 0.106. The van der Waals surface area contributed by atoms with Crippen molar-refractivity contribution in [2.45, 2.75) is 57.8 Å². The van der Waals surface area contributed by atoms with E-state index >= 15 is 0 Å². The summed E-state index contributed by atoms with van der Waals surface area (Å²) in [6, 6.07) is 101. The Morgan fingerprint density at radius 3 is 1.37 bits per heavy atom. The molecule has 414 valence electrons. The zero-order chi connectivity index (χ0) is 58.1. The highest BCUT2D eigenvalue weighted by atomic mass is 15.1. The molecule has 87 heavy (non-hydrogen) atoms. The number of nitrogens with zero attached hydrogens (tertiary/aromatic N) is 2. The van der Waals surface area contributed by atoms with Gasteiger partial charge in [-0.15, -0.1) is 0 Å². The van der Waals surface area contributed by atoms with Crippen molar-refractivity contribution < 1.29 is 0 Å². The molecule has 0 aromatic heterocycles. The Labute approximate surface area is 509 Å².